The molecular formula is C6H11BrO2Zn. The van der Waals surface area contributed by atoms with Gasteiger partial charge in [-0.15, -0.1) is 0 Å². The maximum atomic E-state index is 10.6. The third-order valence-corrected chi connectivity index (χ3v) is 1.38. The van der Waals surface area contributed by atoms with Gasteiger partial charge in [-0.05, 0) is 13.3 Å². The molecular weight excluding hydrogens is 249 g/mol. The summed E-state index contributed by atoms with van der Waals surface area (Å²) in [6.45, 7) is 2.30. The van der Waals surface area contributed by atoms with E-state index in [0.29, 0.717) is 13.0 Å². The van der Waals surface area contributed by atoms with E-state index in [1.54, 1.807) is 0 Å². The largest absolute Gasteiger partial charge is 0.466 e. The molecule has 0 aliphatic heterocycles. The Bertz CT molecular complexity index is 87.8. The zero-order valence-corrected chi connectivity index (χ0v) is 10.8. The smallest absolute Gasteiger partial charge is 0.305 e. The predicted octanol–water partition coefficient (Wildman–Crippen LogP) is 1.72. The summed E-state index contributed by atoms with van der Waals surface area (Å²) < 4.78 is 4.68. The minimum Gasteiger partial charge on any atom is -0.466 e. The molecule has 0 rings (SSSR count). The Kier molecular flexibility index (Phi) is 12.6. The van der Waals surface area contributed by atoms with Gasteiger partial charge >= 0.3 is 5.97 Å². The Morgan fingerprint density at radius 3 is 2.60 bits per heavy atom. The zero-order valence-electron chi connectivity index (χ0n) is 6.23. The van der Waals surface area contributed by atoms with Gasteiger partial charge in [0, 0.05) is 31.2 Å². The van der Waals surface area contributed by atoms with Crippen LogP contribution >= 0.6 is 15.9 Å². The molecule has 0 bridgehead atoms. The second-order valence-electron chi connectivity index (χ2n) is 1.60. The summed E-state index contributed by atoms with van der Waals surface area (Å²) >= 11 is 3.22. The number of rotatable bonds is 4. The van der Waals surface area contributed by atoms with Crippen LogP contribution < -0.4 is 0 Å². The Morgan fingerprint density at radius 2 is 2.20 bits per heavy atom. The molecule has 2 nitrogen and oxygen atoms in total. The molecule has 0 amide bonds. The van der Waals surface area contributed by atoms with Crippen molar-refractivity contribution in [3.8, 4) is 0 Å². The molecule has 56 valence electrons. The maximum Gasteiger partial charge on any atom is 0.305 e. The minimum absolute atomic E-state index is 0. The molecule has 4 heteroatoms. The van der Waals surface area contributed by atoms with Gasteiger partial charge in [-0.2, -0.15) is 0 Å². The first-order valence-electron chi connectivity index (χ1n) is 3.02. The number of esters is 1. The first-order chi connectivity index (χ1) is 4.31. The SMILES string of the molecule is CCOC(=O)CCCBr.[Zn]. The number of carbonyl (C=O) groups is 1. The summed E-state index contributed by atoms with van der Waals surface area (Å²) in [7, 11) is 0. The summed E-state index contributed by atoms with van der Waals surface area (Å²) in [6, 6.07) is 0. The molecule has 0 unspecified atom stereocenters. The Morgan fingerprint density at radius 1 is 1.60 bits per heavy atom. The van der Waals surface area contributed by atoms with E-state index in [1.807, 2.05) is 6.92 Å². The van der Waals surface area contributed by atoms with Gasteiger partial charge in [-0.25, -0.2) is 0 Å². The molecule has 0 aromatic carbocycles. The standard InChI is InChI=1S/C6H11BrO2.Zn/c1-2-9-6(8)4-3-5-7;/h2-5H2,1H3;. The molecule has 0 aliphatic carbocycles. The first-order valence-corrected chi connectivity index (χ1v) is 4.15. The van der Waals surface area contributed by atoms with Crippen molar-refractivity contribution in [3.63, 3.8) is 0 Å². The van der Waals surface area contributed by atoms with Crippen molar-refractivity contribution < 1.29 is 29.0 Å². The number of alkyl halides is 1. The summed E-state index contributed by atoms with van der Waals surface area (Å²) in [5, 5.41) is 0.867. The number of hydrogen-bond donors (Lipinski definition) is 0. The average Bonchev–Trinajstić information content (AvgIpc) is 1.85. The van der Waals surface area contributed by atoms with Crippen LogP contribution in [0.25, 0.3) is 0 Å². The predicted molar refractivity (Wildman–Crippen MR) is 39.7 cm³/mol. The third kappa shape index (κ3) is 8.57. The molecule has 0 saturated carbocycles. The summed E-state index contributed by atoms with van der Waals surface area (Å²) in [4.78, 5) is 10.6. The van der Waals surface area contributed by atoms with Crippen LogP contribution in [0.1, 0.15) is 19.8 Å². The molecule has 0 atom stereocenters. The fraction of sp³-hybridized carbons (Fsp3) is 0.833. The third-order valence-electron chi connectivity index (χ3n) is 0.820. The van der Waals surface area contributed by atoms with E-state index in [4.69, 9.17) is 0 Å². The van der Waals surface area contributed by atoms with E-state index in [1.165, 1.54) is 0 Å². The molecule has 10 heavy (non-hydrogen) atoms. The minimum atomic E-state index is -0.100. The van der Waals surface area contributed by atoms with Gasteiger partial charge in [-0.3, -0.25) is 4.79 Å². The Balaban J connectivity index is 0. The van der Waals surface area contributed by atoms with Gasteiger partial charge in [0.15, 0.2) is 0 Å². The van der Waals surface area contributed by atoms with Gasteiger partial charge in [0.2, 0.25) is 0 Å². The second-order valence-corrected chi connectivity index (χ2v) is 2.39. The van der Waals surface area contributed by atoms with E-state index in [2.05, 4.69) is 20.7 Å². The van der Waals surface area contributed by atoms with Crippen molar-refractivity contribution in [2.75, 3.05) is 11.9 Å². The summed E-state index contributed by atoms with van der Waals surface area (Å²) in [5.41, 5.74) is 0. The van der Waals surface area contributed by atoms with E-state index in [-0.39, 0.29) is 25.4 Å². The van der Waals surface area contributed by atoms with Gasteiger partial charge < -0.3 is 4.74 Å². The van der Waals surface area contributed by atoms with Crippen molar-refractivity contribution in [1.29, 1.82) is 0 Å². The van der Waals surface area contributed by atoms with Crippen LogP contribution in [0.3, 0.4) is 0 Å². The van der Waals surface area contributed by atoms with E-state index in [9.17, 15) is 4.79 Å². The second kappa shape index (κ2) is 9.57. The number of halogens is 1. The molecule has 0 radical (unpaired) electrons. The van der Waals surface area contributed by atoms with E-state index >= 15 is 0 Å². The van der Waals surface area contributed by atoms with Crippen LogP contribution in [0.4, 0.5) is 0 Å². The number of carbonyl (C=O) groups excluding carboxylic acids is 1. The van der Waals surface area contributed by atoms with Crippen LogP contribution in [0, 0.1) is 0 Å². The van der Waals surface area contributed by atoms with Crippen LogP contribution in [-0.2, 0) is 29.0 Å². The molecule has 0 aliphatic rings. The summed E-state index contributed by atoms with van der Waals surface area (Å²) in [6.07, 6.45) is 1.39. The van der Waals surface area contributed by atoms with Crippen molar-refractivity contribution in [1.82, 2.24) is 0 Å². The first kappa shape index (κ1) is 13.2. The van der Waals surface area contributed by atoms with Gasteiger partial charge in [0.1, 0.15) is 0 Å². The van der Waals surface area contributed by atoms with E-state index < -0.39 is 0 Å². The van der Waals surface area contributed by atoms with Gasteiger partial charge in [0.05, 0.1) is 6.61 Å². The summed E-state index contributed by atoms with van der Waals surface area (Å²) in [5.74, 6) is -0.100. The monoisotopic (exact) mass is 258 g/mol. The van der Waals surface area contributed by atoms with Crippen LogP contribution in [0.5, 0.6) is 0 Å². The molecule has 0 spiro atoms. The van der Waals surface area contributed by atoms with Crippen LogP contribution in [0.15, 0.2) is 0 Å². The van der Waals surface area contributed by atoms with Gasteiger partial charge in [0.25, 0.3) is 0 Å². The van der Waals surface area contributed by atoms with Crippen molar-refractivity contribution in [2.45, 2.75) is 19.8 Å². The topological polar surface area (TPSA) is 26.3 Å². The average molecular weight is 260 g/mol. The normalized spacial score (nSPS) is 8.20. The van der Waals surface area contributed by atoms with Gasteiger partial charge in [-0.1, -0.05) is 15.9 Å². The number of ether oxygens (including phenoxy) is 1. The van der Waals surface area contributed by atoms with Crippen molar-refractivity contribution >= 4 is 21.9 Å². The van der Waals surface area contributed by atoms with Crippen molar-refractivity contribution in [3.05, 3.63) is 0 Å². The molecule has 0 N–H and O–H groups in total. The Hall–Kier alpha value is 0.573. The van der Waals surface area contributed by atoms with Crippen LogP contribution in [0.2, 0.25) is 0 Å². The molecule has 0 aromatic rings. The Labute approximate surface area is 82.6 Å². The number of hydrogen-bond acceptors (Lipinski definition) is 2. The molecule has 0 aromatic heterocycles. The van der Waals surface area contributed by atoms with Crippen LogP contribution in [-0.4, -0.2) is 17.9 Å². The fourth-order valence-electron chi connectivity index (χ4n) is 0.444. The molecule has 0 saturated heterocycles. The van der Waals surface area contributed by atoms with E-state index in [0.717, 1.165) is 11.8 Å². The fourth-order valence-corrected chi connectivity index (χ4v) is 0.725. The molecule has 0 heterocycles. The van der Waals surface area contributed by atoms with Crippen molar-refractivity contribution in [2.24, 2.45) is 0 Å². The zero-order chi connectivity index (χ0) is 7.11. The quantitative estimate of drug-likeness (QED) is 0.437. The molecule has 0 fully saturated rings. The maximum absolute atomic E-state index is 10.6.